The van der Waals surface area contributed by atoms with Crippen molar-refractivity contribution in [3.05, 3.63) is 75.7 Å². The zero-order valence-electron chi connectivity index (χ0n) is 11.5. The van der Waals surface area contributed by atoms with Crippen LogP contribution in [0.15, 0.2) is 54.0 Å². The summed E-state index contributed by atoms with van der Waals surface area (Å²) in [6.07, 6.45) is 1.56. The lowest BCUT2D eigenvalue weighted by Gasteiger charge is -2.18. The molecule has 0 saturated heterocycles. The van der Waals surface area contributed by atoms with Crippen molar-refractivity contribution in [1.82, 2.24) is 15.5 Å². The summed E-state index contributed by atoms with van der Waals surface area (Å²) in [5.41, 5.74) is 2.41. The van der Waals surface area contributed by atoms with Crippen molar-refractivity contribution in [1.29, 1.82) is 0 Å². The van der Waals surface area contributed by atoms with Crippen LogP contribution in [0.2, 0.25) is 0 Å². The number of thiophene rings is 1. The molecule has 0 bridgehead atoms. The number of amides is 1. The summed E-state index contributed by atoms with van der Waals surface area (Å²) in [7, 11) is 0. The smallest absolute Gasteiger partial charge is 0.255 e. The third-order valence-electron chi connectivity index (χ3n) is 3.31. The van der Waals surface area contributed by atoms with Crippen LogP contribution in [0.3, 0.4) is 0 Å². The fraction of sp³-hybridized carbons (Fsp3) is 0.125. The van der Waals surface area contributed by atoms with Gasteiger partial charge in [-0.15, -0.1) is 11.3 Å². The van der Waals surface area contributed by atoms with E-state index in [1.54, 1.807) is 17.5 Å². The maximum Gasteiger partial charge on any atom is 0.255 e. The van der Waals surface area contributed by atoms with Crippen LogP contribution in [0.1, 0.15) is 32.5 Å². The minimum absolute atomic E-state index is 0.122. The molecule has 2 N–H and O–H groups in total. The molecule has 1 atom stereocenters. The summed E-state index contributed by atoms with van der Waals surface area (Å²) < 4.78 is 0. The van der Waals surface area contributed by atoms with Gasteiger partial charge in [0.2, 0.25) is 0 Å². The van der Waals surface area contributed by atoms with Gasteiger partial charge in [-0.3, -0.25) is 9.89 Å². The maximum atomic E-state index is 12.4. The molecule has 1 unspecified atom stereocenters. The van der Waals surface area contributed by atoms with Crippen molar-refractivity contribution in [2.75, 3.05) is 0 Å². The molecule has 4 nitrogen and oxygen atoms in total. The Balaban J connectivity index is 1.91. The molecule has 5 heteroatoms. The van der Waals surface area contributed by atoms with E-state index in [0.717, 1.165) is 16.1 Å². The number of hydrogen-bond acceptors (Lipinski definition) is 3. The summed E-state index contributed by atoms with van der Waals surface area (Å²) in [6.45, 7) is 1.84. The highest BCUT2D eigenvalue weighted by molar-refractivity contribution is 7.10. The number of benzene rings is 1. The van der Waals surface area contributed by atoms with Gasteiger partial charge in [-0.1, -0.05) is 36.4 Å². The summed E-state index contributed by atoms with van der Waals surface area (Å²) in [4.78, 5) is 13.5. The number of aromatic nitrogens is 2. The van der Waals surface area contributed by atoms with Gasteiger partial charge in [-0.2, -0.15) is 5.10 Å². The third-order valence-corrected chi connectivity index (χ3v) is 4.25. The van der Waals surface area contributed by atoms with Crippen LogP contribution in [0.25, 0.3) is 0 Å². The number of hydrogen-bond donors (Lipinski definition) is 2. The molecule has 0 fully saturated rings. The molecule has 0 aliphatic heterocycles. The van der Waals surface area contributed by atoms with Crippen LogP contribution in [-0.2, 0) is 0 Å². The Labute approximate surface area is 126 Å². The minimum Gasteiger partial charge on any atom is -0.340 e. The summed E-state index contributed by atoms with van der Waals surface area (Å²) in [6, 6.07) is 13.8. The average Bonchev–Trinajstić information content (AvgIpc) is 3.17. The normalized spacial score (nSPS) is 12.0. The molecule has 0 radical (unpaired) electrons. The summed E-state index contributed by atoms with van der Waals surface area (Å²) in [5, 5.41) is 11.8. The number of nitrogens with zero attached hydrogens (tertiary/aromatic N) is 1. The second-order valence-corrected chi connectivity index (χ2v) is 5.72. The number of carbonyl (C=O) groups excluding carboxylic acids is 1. The third kappa shape index (κ3) is 2.87. The fourth-order valence-corrected chi connectivity index (χ4v) is 3.01. The molecule has 106 valence electrons. The van der Waals surface area contributed by atoms with E-state index in [9.17, 15) is 4.79 Å². The standard InChI is InChI=1S/C16H15N3OS/c1-11-13(10-17-19-11)16(20)18-15(14-8-5-9-21-14)12-6-3-2-4-7-12/h2-10,15H,1H3,(H,17,19)(H,18,20). The lowest BCUT2D eigenvalue weighted by molar-refractivity contribution is 0.0943. The Kier molecular flexibility index (Phi) is 3.83. The largest absolute Gasteiger partial charge is 0.340 e. The van der Waals surface area contributed by atoms with Crippen LogP contribution in [0.4, 0.5) is 0 Å². The first-order valence-electron chi connectivity index (χ1n) is 6.65. The van der Waals surface area contributed by atoms with E-state index in [0.29, 0.717) is 5.56 Å². The summed E-state index contributed by atoms with van der Waals surface area (Å²) >= 11 is 1.63. The average molecular weight is 297 g/mol. The Hall–Kier alpha value is -2.40. The molecule has 1 aromatic carbocycles. The molecule has 0 aliphatic rings. The predicted molar refractivity (Wildman–Crippen MR) is 83.4 cm³/mol. The van der Waals surface area contributed by atoms with Gasteiger partial charge in [0.25, 0.3) is 5.91 Å². The van der Waals surface area contributed by atoms with Crippen molar-refractivity contribution in [2.45, 2.75) is 13.0 Å². The van der Waals surface area contributed by atoms with Crippen LogP contribution < -0.4 is 5.32 Å². The Morgan fingerprint density at radius 2 is 2.05 bits per heavy atom. The number of nitrogens with one attached hydrogen (secondary N) is 2. The predicted octanol–water partition coefficient (Wildman–Crippen LogP) is 3.30. The first-order valence-corrected chi connectivity index (χ1v) is 7.53. The Morgan fingerprint density at radius 3 is 2.67 bits per heavy atom. The van der Waals surface area contributed by atoms with Crippen molar-refractivity contribution in [3.63, 3.8) is 0 Å². The number of aryl methyl sites for hydroxylation is 1. The SMILES string of the molecule is Cc1[nH]ncc1C(=O)NC(c1ccccc1)c1cccs1. The zero-order chi connectivity index (χ0) is 14.7. The molecule has 2 heterocycles. The van der Waals surface area contributed by atoms with E-state index < -0.39 is 0 Å². The summed E-state index contributed by atoms with van der Waals surface area (Å²) in [5.74, 6) is -0.122. The van der Waals surface area contributed by atoms with Gasteiger partial charge in [-0.25, -0.2) is 0 Å². The fourth-order valence-electron chi connectivity index (χ4n) is 2.21. The van der Waals surface area contributed by atoms with Crippen molar-refractivity contribution < 1.29 is 4.79 Å². The molecule has 3 rings (SSSR count). The second-order valence-electron chi connectivity index (χ2n) is 4.74. The van der Waals surface area contributed by atoms with Crippen LogP contribution in [0, 0.1) is 6.92 Å². The van der Waals surface area contributed by atoms with Crippen molar-refractivity contribution in [3.8, 4) is 0 Å². The number of rotatable bonds is 4. The Bertz CT molecular complexity index is 719. The molecule has 0 spiro atoms. The van der Waals surface area contributed by atoms with E-state index in [-0.39, 0.29) is 11.9 Å². The monoisotopic (exact) mass is 297 g/mol. The topological polar surface area (TPSA) is 57.8 Å². The lowest BCUT2D eigenvalue weighted by Crippen LogP contribution is -2.29. The number of carbonyl (C=O) groups is 1. The highest BCUT2D eigenvalue weighted by Gasteiger charge is 2.20. The van der Waals surface area contributed by atoms with E-state index >= 15 is 0 Å². The van der Waals surface area contributed by atoms with Gasteiger partial charge in [0.05, 0.1) is 17.8 Å². The van der Waals surface area contributed by atoms with E-state index in [1.165, 1.54) is 0 Å². The number of H-pyrrole nitrogens is 1. The van der Waals surface area contributed by atoms with Gasteiger partial charge < -0.3 is 5.32 Å². The molecule has 1 amide bonds. The minimum atomic E-state index is -0.145. The van der Waals surface area contributed by atoms with Gasteiger partial charge in [0.15, 0.2) is 0 Å². The van der Waals surface area contributed by atoms with Crippen molar-refractivity contribution in [2.24, 2.45) is 0 Å². The van der Waals surface area contributed by atoms with E-state index in [1.807, 2.05) is 54.8 Å². The van der Waals surface area contributed by atoms with E-state index in [4.69, 9.17) is 0 Å². The van der Waals surface area contributed by atoms with Crippen LogP contribution in [-0.4, -0.2) is 16.1 Å². The van der Waals surface area contributed by atoms with Gasteiger partial charge in [-0.05, 0) is 23.9 Å². The lowest BCUT2D eigenvalue weighted by atomic mass is 10.0. The molecule has 0 aliphatic carbocycles. The molecule has 3 aromatic rings. The molecule has 21 heavy (non-hydrogen) atoms. The maximum absolute atomic E-state index is 12.4. The molecule has 2 aromatic heterocycles. The highest BCUT2D eigenvalue weighted by Crippen LogP contribution is 2.26. The van der Waals surface area contributed by atoms with Crippen molar-refractivity contribution >= 4 is 17.2 Å². The molecule has 0 saturated carbocycles. The van der Waals surface area contributed by atoms with Crippen LogP contribution >= 0.6 is 11.3 Å². The van der Waals surface area contributed by atoms with Gasteiger partial charge in [0, 0.05) is 10.6 Å². The zero-order valence-corrected chi connectivity index (χ0v) is 12.4. The highest BCUT2D eigenvalue weighted by atomic mass is 32.1. The molecular formula is C16H15N3OS. The quantitative estimate of drug-likeness (QED) is 0.776. The second kappa shape index (κ2) is 5.93. The van der Waals surface area contributed by atoms with Gasteiger partial charge in [0.1, 0.15) is 0 Å². The molecular weight excluding hydrogens is 282 g/mol. The van der Waals surface area contributed by atoms with Crippen LogP contribution in [0.5, 0.6) is 0 Å². The van der Waals surface area contributed by atoms with Gasteiger partial charge >= 0.3 is 0 Å². The number of aromatic amines is 1. The first kappa shape index (κ1) is 13.6. The van der Waals surface area contributed by atoms with E-state index in [2.05, 4.69) is 15.5 Å². The first-order chi connectivity index (χ1) is 10.3. The Morgan fingerprint density at radius 1 is 1.24 bits per heavy atom.